The molecule has 1 N–H and O–H groups in total. The van der Waals surface area contributed by atoms with Crippen molar-refractivity contribution in [2.45, 2.75) is 39.0 Å². The van der Waals surface area contributed by atoms with Crippen LogP contribution in [-0.4, -0.2) is 32.3 Å². The summed E-state index contributed by atoms with van der Waals surface area (Å²) in [5, 5.41) is 13.2. The predicted molar refractivity (Wildman–Crippen MR) is 106 cm³/mol. The van der Waals surface area contributed by atoms with Gasteiger partial charge in [-0.2, -0.15) is 0 Å². The van der Waals surface area contributed by atoms with Crippen molar-refractivity contribution in [1.82, 2.24) is 0 Å². The van der Waals surface area contributed by atoms with Gasteiger partial charge in [-0.1, -0.05) is 63.6 Å². The number of ether oxygens (including phenoxy) is 1. The van der Waals surface area contributed by atoms with Crippen LogP contribution in [0.1, 0.15) is 24.5 Å². The van der Waals surface area contributed by atoms with Gasteiger partial charge >= 0.3 is 0 Å². The normalized spacial score (nSPS) is 25.5. The van der Waals surface area contributed by atoms with Gasteiger partial charge in [0.1, 0.15) is 8.80 Å². The van der Waals surface area contributed by atoms with Crippen LogP contribution in [0.15, 0.2) is 46.9 Å². The zero-order valence-corrected chi connectivity index (χ0v) is 17.2. The Labute approximate surface area is 154 Å². The topological polar surface area (TPSA) is 29.5 Å². The van der Waals surface area contributed by atoms with Crippen LogP contribution < -0.4 is 10.4 Å². The maximum Gasteiger partial charge on any atom is 0.135 e. The first-order valence-corrected chi connectivity index (χ1v) is 11.2. The van der Waals surface area contributed by atoms with Crippen LogP contribution in [0.5, 0.6) is 0 Å². The van der Waals surface area contributed by atoms with E-state index in [1.165, 1.54) is 21.5 Å². The van der Waals surface area contributed by atoms with E-state index >= 15 is 0 Å². The summed E-state index contributed by atoms with van der Waals surface area (Å²) >= 11 is 3.54. The van der Waals surface area contributed by atoms with Crippen LogP contribution in [0.4, 0.5) is 0 Å². The molecule has 24 heavy (non-hydrogen) atoms. The number of hydrogen-bond acceptors (Lipinski definition) is 2. The maximum absolute atomic E-state index is 10.4. The smallest absolute Gasteiger partial charge is 0.135 e. The van der Waals surface area contributed by atoms with Gasteiger partial charge < -0.3 is 9.84 Å². The average molecular weight is 405 g/mol. The highest BCUT2D eigenvalue weighted by molar-refractivity contribution is 9.10. The van der Waals surface area contributed by atoms with Gasteiger partial charge in [0, 0.05) is 17.0 Å². The Morgan fingerprint density at radius 1 is 1.12 bits per heavy atom. The lowest BCUT2D eigenvalue weighted by atomic mass is 10.0. The molecule has 1 heterocycles. The Morgan fingerprint density at radius 2 is 1.83 bits per heavy atom. The van der Waals surface area contributed by atoms with Gasteiger partial charge in [0.05, 0.1) is 11.8 Å². The lowest BCUT2D eigenvalue weighted by Gasteiger charge is -2.38. The van der Waals surface area contributed by atoms with E-state index in [1.807, 2.05) is 0 Å². The van der Waals surface area contributed by atoms with Gasteiger partial charge in [-0.05, 0) is 43.5 Å². The van der Waals surface area contributed by atoms with E-state index in [0.29, 0.717) is 6.61 Å². The van der Waals surface area contributed by atoms with E-state index in [2.05, 4.69) is 79.2 Å². The molecule has 0 saturated carbocycles. The lowest BCUT2D eigenvalue weighted by molar-refractivity contribution is -0.0510. The molecule has 3 rings (SSSR count). The molecule has 0 spiro atoms. The number of aliphatic hydroxyl groups is 1. The fraction of sp³-hybridized carbons (Fsp3) is 0.400. The highest BCUT2D eigenvalue weighted by atomic mass is 79.9. The maximum atomic E-state index is 10.4. The van der Waals surface area contributed by atoms with Gasteiger partial charge in [-0.15, -0.1) is 0 Å². The minimum absolute atomic E-state index is 0.121. The third kappa shape index (κ3) is 3.52. The molecule has 1 saturated heterocycles. The number of rotatable bonds is 3. The number of benzene rings is 2. The summed E-state index contributed by atoms with van der Waals surface area (Å²) in [7, 11) is -1.62. The van der Waals surface area contributed by atoms with Crippen LogP contribution >= 0.6 is 15.9 Å². The van der Waals surface area contributed by atoms with Crippen molar-refractivity contribution in [1.29, 1.82) is 0 Å². The highest BCUT2D eigenvalue weighted by Gasteiger charge is 2.38. The van der Waals surface area contributed by atoms with E-state index in [-0.39, 0.29) is 17.7 Å². The van der Waals surface area contributed by atoms with Crippen molar-refractivity contribution in [2.24, 2.45) is 5.92 Å². The summed E-state index contributed by atoms with van der Waals surface area (Å²) < 4.78 is 7.34. The third-order valence-corrected chi connectivity index (χ3v) is 9.77. The quantitative estimate of drug-likeness (QED) is 0.796. The summed E-state index contributed by atoms with van der Waals surface area (Å²) in [5.74, 6) is 0.166. The fourth-order valence-corrected chi connectivity index (χ4v) is 7.85. The molecule has 1 aliphatic heterocycles. The minimum atomic E-state index is -1.62. The second-order valence-electron chi connectivity index (χ2n) is 6.87. The molecule has 128 valence electrons. The van der Waals surface area contributed by atoms with Crippen LogP contribution in [0, 0.1) is 19.8 Å². The summed E-state index contributed by atoms with van der Waals surface area (Å²) in [6.45, 7) is 7.18. The zero-order chi connectivity index (χ0) is 17.3. The molecular formula is C20H25BrO2Si. The zero-order valence-electron chi connectivity index (χ0n) is 14.5. The number of hydrogen-bond donors (Lipinski definition) is 1. The van der Waals surface area contributed by atoms with Gasteiger partial charge in [-0.25, -0.2) is 0 Å². The Kier molecular flexibility index (Phi) is 5.60. The Bertz CT molecular complexity index is 701. The Balaban J connectivity index is 2.10. The average Bonchev–Trinajstić information content (AvgIpc) is 2.57. The van der Waals surface area contributed by atoms with Crippen molar-refractivity contribution in [2.75, 3.05) is 6.61 Å². The summed E-state index contributed by atoms with van der Waals surface area (Å²) in [4.78, 5) is 0. The molecular weight excluding hydrogens is 380 g/mol. The fourth-order valence-electron chi connectivity index (χ4n) is 3.69. The number of aryl methyl sites for hydroxylation is 1. The summed E-state index contributed by atoms with van der Waals surface area (Å²) in [6.07, 6.45) is 0.477. The number of halogens is 1. The van der Waals surface area contributed by atoms with Crippen molar-refractivity contribution in [3.05, 3.63) is 58.1 Å². The first-order valence-electron chi connectivity index (χ1n) is 8.60. The second kappa shape index (κ2) is 7.52. The lowest BCUT2D eigenvalue weighted by Crippen LogP contribution is -2.59. The van der Waals surface area contributed by atoms with E-state index in [4.69, 9.17) is 4.74 Å². The van der Waals surface area contributed by atoms with E-state index in [0.717, 1.165) is 10.9 Å². The molecule has 1 aliphatic rings. The van der Waals surface area contributed by atoms with Crippen LogP contribution in [-0.2, 0) is 4.74 Å². The summed E-state index contributed by atoms with van der Waals surface area (Å²) in [5.41, 5.74) is 2.81. The monoisotopic (exact) mass is 404 g/mol. The SMILES string of the molecule is Cc1cccc([SiH](c2ccc(Br)cc2)C2OCCC(O)C2C)c1C. The standard InChI is InChI=1S/C20H25BrO2Si/c1-13-5-4-6-19(14(13)2)24(17-9-7-16(21)8-10-17)20-15(3)18(22)11-12-23-20/h4-10,15,18,20,22,24H,11-12H2,1-3H3. The van der Waals surface area contributed by atoms with E-state index in [1.54, 1.807) is 0 Å². The minimum Gasteiger partial charge on any atom is -0.393 e. The van der Waals surface area contributed by atoms with Crippen LogP contribution in [0.25, 0.3) is 0 Å². The van der Waals surface area contributed by atoms with Crippen LogP contribution in [0.3, 0.4) is 0 Å². The second-order valence-corrected chi connectivity index (χ2v) is 10.7. The molecule has 0 aromatic heterocycles. The molecule has 2 aromatic rings. The van der Waals surface area contributed by atoms with Crippen molar-refractivity contribution < 1.29 is 9.84 Å². The molecule has 4 heteroatoms. The third-order valence-electron chi connectivity index (χ3n) is 5.39. The van der Waals surface area contributed by atoms with Crippen molar-refractivity contribution in [3.8, 4) is 0 Å². The van der Waals surface area contributed by atoms with Gasteiger partial charge in [-0.3, -0.25) is 0 Å². The van der Waals surface area contributed by atoms with E-state index in [9.17, 15) is 5.11 Å². The van der Waals surface area contributed by atoms with Crippen molar-refractivity contribution in [3.63, 3.8) is 0 Å². The van der Waals surface area contributed by atoms with Gasteiger partial charge in [0.2, 0.25) is 0 Å². The van der Waals surface area contributed by atoms with Crippen molar-refractivity contribution >= 4 is 35.1 Å². The van der Waals surface area contributed by atoms with E-state index < -0.39 is 8.80 Å². The number of aliphatic hydroxyl groups excluding tert-OH is 1. The highest BCUT2D eigenvalue weighted by Crippen LogP contribution is 2.24. The predicted octanol–water partition coefficient (Wildman–Crippen LogP) is 2.73. The summed E-state index contributed by atoms with van der Waals surface area (Å²) in [6, 6.07) is 15.3. The molecule has 2 aromatic carbocycles. The first kappa shape index (κ1) is 17.9. The molecule has 0 amide bonds. The Morgan fingerprint density at radius 3 is 2.54 bits per heavy atom. The molecule has 4 unspecified atom stereocenters. The van der Waals surface area contributed by atoms with Crippen LogP contribution in [0.2, 0.25) is 0 Å². The molecule has 0 radical (unpaired) electrons. The largest absolute Gasteiger partial charge is 0.393 e. The Hall–Kier alpha value is -0.943. The molecule has 2 nitrogen and oxygen atoms in total. The first-order chi connectivity index (χ1) is 11.5. The van der Waals surface area contributed by atoms with Gasteiger partial charge in [0.25, 0.3) is 0 Å². The molecule has 1 fully saturated rings. The molecule has 4 atom stereocenters. The van der Waals surface area contributed by atoms with Gasteiger partial charge in [0.15, 0.2) is 0 Å². The molecule has 0 bridgehead atoms. The molecule has 0 aliphatic carbocycles.